The molecule has 50 valence electrons. The van der Waals surface area contributed by atoms with Gasteiger partial charge in [0, 0.05) is 18.6 Å². The Labute approximate surface area is 48.6 Å². The quantitative estimate of drug-likeness (QED) is 0.376. The molecule has 0 aliphatic heterocycles. The number of ether oxygens (including phenoxy) is 1. The average molecular weight is 121 g/mol. The Morgan fingerprint density at radius 2 is 1.88 bits per heavy atom. The van der Waals surface area contributed by atoms with Crippen LogP contribution in [0.15, 0.2) is 0 Å². The van der Waals surface area contributed by atoms with E-state index in [-0.39, 0.29) is 0 Å². The predicted molar refractivity (Wildman–Crippen MR) is 30.5 cm³/mol. The van der Waals surface area contributed by atoms with Crippen molar-refractivity contribution < 1.29 is 9.66 Å². The van der Waals surface area contributed by atoms with Crippen LogP contribution in [0.25, 0.3) is 0 Å². The van der Waals surface area contributed by atoms with Crippen LogP contribution in [0.1, 0.15) is 6.92 Å². The normalized spacial score (nSPS) is 6.88. The molecular formula is C4H11NO3. The van der Waals surface area contributed by atoms with Crippen molar-refractivity contribution >= 4 is 0 Å². The van der Waals surface area contributed by atoms with Crippen LogP contribution in [0, 0.1) is 10.1 Å². The van der Waals surface area contributed by atoms with Gasteiger partial charge >= 0.3 is 0 Å². The summed E-state index contributed by atoms with van der Waals surface area (Å²) in [5.74, 6) is 0. The first kappa shape index (κ1) is 10.4. The molecule has 0 aromatic heterocycles. The van der Waals surface area contributed by atoms with E-state index in [0.29, 0.717) is 0 Å². The fourth-order valence-electron chi connectivity index (χ4n) is 0. The smallest absolute Gasteiger partial charge is 0.194 e. The highest BCUT2D eigenvalue weighted by atomic mass is 16.6. The van der Waals surface area contributed by atoms with Gasteiger partial charge in [-0.25, -0.2) is 0 Å². The number of nitro groups is 1. The Morgan fingerprint density at radius 1 is 1.75 bits per heavy atom. The second-order valence-corrected chi connectivity index (χ2v) is 1.02. The summed E-state index contributed by atoms with van der Waals surface area (Å²) in [5.41, 5.74) is 0. The third-order valence-electron chi connectivity index (χ3n) is 0.289. The molecule has 0 heterocycles. The molecule has 0 fully saturated rings. The van der Waals surface area contributed by atoms with Gasteiger partial charge in [0.2, 0.25) is 0 Å². The molecule has 0 atom stereocenters. The van der Waals surface area contributed by atoms with E-state index in [1.807, 2.05) is 6.92 Å². The largest absolute Gasteiger partial charge is 0.385 e. The highest BCUT2D eigenvalue weighted by Crippen LogP contribution is 1.52. The van der Waals surface area contributed by atoms with Crippen molar-refractivity contribution in [3.8, 4) is 0 Å². The molecule has 0 rings (SSSR count). The van der Waals surface area contributed by atoms with Crippen LogP contribution in [-0.2, 0) is 4.74 Å². The second-order valence-electron chi connectivity index (χ2n) is 1.02. The van der Waals surface area contributed by atoms with Crippen LogP contribution in [0.3, 0.4) is 0 Å². The highest BCUT2D eigenvalue weighted by Gasteiger charge is 1.57. The van der Waals surface area contributed by atoms with E-state index in [1.165, 1.54) is 0 Å². The Bertz CT molecular complexity index is 49.2. The molecule has 0 amide bonds. The van der Waals surface area contributed by atoms with E-state index in [4.69, 9.17) is 10.1 Å². The summed E-state index contributed by atoms with van der Waals surface area (Å²) in [5, 5.41) is 8.81. The van der Waals surface area contributed by atoms with Crippen LogP contribution in [0.5, 0.6) is 0 Å². The summed E-state index contributed by atoms with van der Waals surface area (Å²) in [6, 6.07) is 0. The maximum absolute atomic E-state index is 8.81. The van der Waals surface area contributed by atoms with Gasteiger partial charge < -0.3 is 4.74 Å². The van der Waals surface area contributed by atoms with Crippen LogP contribution < -0.4 is 0 Å². The molecule has 0 aliphatic carbocycles. The zero-order valence-electron chi connectivity index (χ0n) is 5.38. The molecule has 0 saturated heterocycles. The lowest BCUT2D eigenvalue weighted by atomic mass is 10.9. The first-order valence-corrected chi connectivity index (χ1v) is 2.22. The molecule has 0 N–H and O–H groups in total. The number of nitrogens with zero attached hydrogens (tertiary/aromatic N) is 1. The summed E-state index contributed by atoms with van der Waals surface area (Å²) < 4.78 is 4.54. The topological polar surface area (TPSA) is 52.4 Å². The van der Waals surface area contributed by atoms with Crippen molar-refractivity contribution in [1.82, 2.24) is 0 Å². The Kier molecular flexibility index (Phi) is 12.5. The molecule has 0 radical (unpaired) electrons. The van der Waals surface area contributed by atoms with Gasteiger partial charge in [0.15, 0.2) is 7.05 Å². The molecule has 0 aromatic carbocycles. The van der Waals surface area contributed by atoms with Gasteiger partial charge in [-0.2, -0.15) is 0 Å². The van der Waals surface area contributed by atoms with E-state index in [0.717, 1.165) is 13.7 Å². The van der Waals surface area contributed by atoms with Gasteiger partial charge in [-0.15, -0.1) is 0 Å². The fourth-order valence-corrected chi connectivity index (χ4v) is 0. The van der Waals surface area contributed by atoms with E-state index >= 15 is 0 Å². The van der Waals surface area contributed by atoms with Gasteiger partial charge in [-0.05, 0) is 6.92 Å². The van der Waals surface area contributed by atoms with Gasteiger partial charge in [0.1, 0.15) is 0 Å². The Morgan fingerprint density at radius 3 is 1.88 bits per heavy atom. The Hall–Kier alpha value is -0.640. The van der Waals surface area contributed by atoms with Crippen molar-refractivity contribution in [1.29, 1.82) is 0 Å². The molecule has 8 heavy (non-hydrogen) atoms. The third-order valence-corrected chi connectivity index (χ3v) is 0.289. The molecular weight excluding hydrogens is 110 g/mol. The minimum absolute atomic E-state index is 0.500. The zero-order chi connectivity index (χ0) is 6.99. The van der Waals surface area contributed by atoms with Gasteiger partial charge in [-0.1, -0.05) is 0 Å². The monoisotopic (exact) mass is 121 g/mol. The fraction of sp³-hybridized carbons (Fsp3) is 1.00. The summed E-state index contributed by atoms with van der Waals surface area (Å²) in [6.07, 6.45) is 0. The van der Waals surface area contributed by atoms with Crippen molar-refractivity contribution in [2.24, 2.45) is 0 Å². The molecule has 4 heteroatoms. The standard InChI is InChI=1S/C3H8O.CH3NO2/c1-3-4-2;1-2(3)4/h3H2,1-2H3;1H3. The lowest BCUT2D eigenvalue weighted by Crippen LogP contribution is -1.79. The summed E-state index contributed by atoms with van der Waals surface area (Å²) >= 11 is 0. The van der Waals surface area contributed by atoms with Crippen LogP contribution in [0.2, 0.25) is 0 Å². The van der Waals surface area contributed by atoms with E-state index in [1.54, 1.807) is 7.11 Å². The zero-order valence-corrected chi connectivity index (χ0v) is 5.38. The van der Waals surface area contributed by atoms with Crippen molar-refractivity contribution in [2.75, 3.05) is 20.8 Å². The minimum atomic E-state index is -0.500. The first-order valence-electron chi connectivity index (χ1n) is 2.22. The third kappa shape index (κ3) is 786. The van der Waals surface area contributed by atoms with Crippen molar-refractivity contribution in [2.45, 2.75) is 6.92 Å². The van der Waals surface area contributed by atoms with Crippen molar-refractivity contribution in [3.63, 3.8) is 0 Å². The number of hydrogen-bond donors (Lipinski definition) is 0. The van der Waals surface area contributed by atoms with Gasteiger partial charge in [-0.3, -0.25) is 10.1 Å². The predicted octanol–water partition coefficient (Wildman–Crippen LogP) is 0.546. The molecule has 0 bridgehead atoms. The molecule has 0 aliphatic rings. The molecule has 0 aromatic rings. The molecule has 4 nitrogen and oxygen atoms in total. The summed E-state index contributed by atoms with van der Waals surface area (Å²) in [7, 11) is 2.57. The molecule has 0 spiro atoms. The molecule has 0 saturated carbocycles. The minimum Gasteiger partial charge on any atom is -0.385 e. The first-order chi connectivity index (χ1) is 3.65. The molecule has 0 unspecified atom stereocenters. The Balaban J connectivity index is 0. The van der Waals surface area contributed by atoms with Crippen LogP contribution >= 0.6 is 0 Å². The van der Waals surface area contributed by atoms with Gasteiger partial charge in [0.25, 0.3) is 0 Å². The van der Waals surface area contributed by atoms with Gasteiger partial charge in [0.05, 0.1) is 0 Å². The number of hydrogen-bond acceptors (Lipinski definition) is 3. The average Bonchev–Trinajstić information content (AvgIpc) is 1.65. The van der Waals surface area contributed by atoms with E-state index < -0.39 is 4.92 Å². The maximum Gasteiger partial charge on any atom is 0.194 e. The maximum atomic E-state index is 8.81. The van der Waals surface area contributed by atoms with Crippen LogP contribution in [-0.4, -0.2) is 25.7 Å². The number of methoxy groups -OCH3 is 1. The lowest BCUT2D eigenvalue weighted by molar-refractivity contribution is -0.445. The number of rotatable bonds is 1. The van der Waals surface area contributed by atoms with Crippen molar-refractivity contribution in [3.05, 3.63) is 10.1 Å². The SMILES string of the molecule is CCOC.C[N+](=O)[O-]. The van der Waals surface area contributed by atoms with E-state index in [9.17, 15) is 0 Å². The second kappa shape index (κ2) is 9.61. The van der Waals surface area contributed by atoms with Crippen LogP contribution in [0.4, 0.5) is 0 Å². The summed E-state index contributed by atoms with van der Waals surface area (Å²) in [6.45, 7) is 2.78. The lowest BCUT2D eigenvalue weighted by Gasteiger charge is -1.76. The summed E-state index contributed by atoms with van der Waals surface area (Å²) in [4.78, 5) is 8.31. The highest BCUT2D eigenvalue weighted by molar-refractivity contribution is 3.94. The van der Waals surface area contributed by atoms with E-state index in [2.05, 4.69) is 4.74 Å².